The molecule has 0 radical (unpaired) electrons. The summed E-state index contributed by atoms with van der Waals surface area (Å²) in [5, 5.41) is 6.68. The first-order chi connectivity index (χ1) is 11.5. The third-order valence-electron chi connectivity index (χ3n) is 4.38. The predicted octanol–water partition coefficient (Wildman–Crippen LogP) is 2.27. The molecule has 0 bridgehead atoms. The van der Waals surface area contributed by atoms with Gasteiger partial charge in [0.05, 0.1) is 4.88 Å². The third kappa shape index (κ3) is 3.13. The lowest BCUT2D eigenvalue weighted by molar-refractivity contribution is -0.122. The van der Waals surface area contributed by atoms with Crippen LogP contribution < -0.4 is 10.6 Å². The van der Waals surface area contributed by atoms with E-state index in [9.17, 15) is 9.59 Å². The smallest absolute Gasteiger partial charge is 0.262 e. The van der Waals surface area contributed by atoms with Crippen molar-refractivity contribution in [1.29, 1.82) is 0 Å². The van der Waals surface area contributed by atoms with Gasteiger partial charge < -0.3 is 10.6 Å². The molecule has 3 heterocycles. The van der Waals surface area contributed by atoms with Gasteiger partial charge in [-0.1, -0.05) is 6.92 Å². The molecule has 0 aliphatic carbocycles. The van der Waals surface area contributed by atoms with Crippen molar-refractivity contribution < 1.29 is 9.59 Å². The molecular formula is C17H22N4O2S. The molecule has 2 aromatic rings. The van der Waals surface area contributed by atoms with Gasteiger partial charge in [0.15, 0.2) is 0 Å². The van der Waals surface area contributed by atoms with Gasteiger partial charge in [-0.05, 0) is 38.7 Å². The number of nitrogens with zero attached hydrogens (tertiary/aromatic N) is 2. The molecule has 7 heteroatoms. The Morgan fingerprint density at radius 1 is 1.33 bits per heavy atom. The van der Waals surface area contributed by atoms with E-state index in [0.717, 1.165) is 46.6 Å². The van der Waals surface area contributed by atoms with Crippen LogP contribution in [0.4, 0.5) is 0 Å². The molecule has 2 aromatic heterocycles. The first-order valence-corrected chi connectivity index (χ1v) is 9.18. The molecule has 24 heavy (non-hydrogen) atoms. The largest absolute Gasteiger partial charge is 0.354 e. The van der Waals surface area contributed by atoms with Crippen LogP contribution in [0.2, 0.25) is 0 Å². The second-order valence-electron chi connectivity index (χ2n) is 6.13. The van der Waals surface area contributed by atoms with Gasteiger partial charge in [0, 0.05) is 24.0 Å². The van der Waals surface area contributed by atoms with Crippen LogP contribution in [0.15, 0.2) is 0 Å². The topological polar surface area (TPSA) is 84.0 Å². The monoisotopic (exact) mass is 346 g/mol. The Morgan fingerprint density at radius 2 is 2.12 bits per heavy atom. The van der Waals surface area contributed by atoms with Crippen molar-refractivity contribution in [2.75, 3.05) is 6.54 Å². The van der Waals surface area contributed by atoms with Crippen LogP contribution in [0.25, 0.3) is 10.2 Å². The molecule has 2 amide bonds. The number of aromatic nitrogens is 2. The van der Waals surface area contributed by atoms with E-state index in [0.29, 0.717) is 17.8 Å². The van der Waals surface area contributed by atoms with Gasteiger partial charge in [-0.2, -0.15) is 0 Å². The number of carbonyl (C=O) groups excluding carboxylic acids is 2. The average Bonchev–Trinajstić information content (AvgIpc) is 2.76. The highest BCUT2D eigenvalue weighted by molar-refractivity contribution is 7.20. The molecule has 0 aromatic carbocycles. The van der Waals surface area contributed by atoms with Gasteiger partial charge in [0.25, 0.3) is 5.91 Å². The SMILES string of the molecule is CCc1nc(C)c2c(C)c(C(=O)NC3CCCCNC3=O)sc2n1. The Hall–Kier alpha value is -2.02. The molecule has 1 saturated heterocycles. The summed E-state index contributed by atoms with van der Waals surface area (Å²) >= 11 is 1.38. The molecule has 1 aliphatic rings. The lowest BCUT2D eigenvalue weighted by atomic mass is 10.1. The molecule has 1 atom stereocenters. The maximum absolute atomic E-state index is 12.7. The lowest BCUT2D eigenvalue weighted by Crippen LogP contribution is -2.45. The highest BCUT2D eigenvalue weighted by Crippen LogP contribution is 2.31. The van der Waals surface area contributed by atoms with Gasteiger partial charge >= 0.3 is 0 Å². The Bertz CT molecular complexity index is 799. The van der Waals surface area contributed by atoms with Crippen molar-refractivity contribution in [2.45, 2.75) is 52.5 Å². The maximum Gasteiger partial charge on any atom is 0.262 e. The van der Waals surface area contributed by atoms with Crippen LogP contribution in [0.1, 0.15) is 52.9 Å². The Kier molecular flexibility index (Phi) is 4.80. The van der Waals surface area contributed by atoms with E-state index in [1.165, 1.54) is 11.3 Å². The fraction of sp³-hybridized carbons (Fsp3) is 0.529. The zero-order chi connectivity index (χ0) is 17.3. The zero-order valence-corrected chi connectivity index (χ0v) is 15.0. The van der Waals surface area contributed by atoms with Gasteiger partial charge in [-0.3, -0.25) is 9.59 Å². The molecule has 0 spiro atoms. The Labute approximate surface area is 145 Å². The number of amides is 2. The van der Waals surface area contributed by atoms with Crippen LogP contribution in [0.3, 0.4) is 0 Å². The minimum atomic E-state index is -0.456. The van der Waals surface area contributed by atoms with E-state index < -0.39 is 6.04 Å². The standard InChI is InChI=1S/C17H22N4O2S/c1-4-12-19-10(3)13-9(2)14(24-17(13)21-12)16(23)20-11-7-5-6-8-18-15(11)22/h11H,4-8H2,1-3H3,(H,18,22)(H,20,23). The van der Waals surface area contributed by atoms with Gasteiger partial charge in [-0.25, -0.2) is 9.97 Å². The second-order valence-corrected chi connectivity index (χ2v) is 7.13. The summed E-state index contributed by atoms with van der Waals surface area (Å²) in [6.07, 6.45) is 3.33. The molecular weight excluding hydrogens is 324 g/mol. The van der Waals surface area contributed by atoms with Crippen molar-refractivity contribution in [1.82, 2.24) is 20.6 Å². The van der Waals surface area contributed by atoms with E-state index in [1.54, 1.807) is 0 Å². The number of hydrogen-bond acceptors (Lipinski definition) is 5. The van der Waals surface area contributed by atoms with Crippen LogP contribution in [-0.4, -0.2) is 34.4 Å². The maximum atomic E-state index is 12.7. The number of fused-ring (bicyclic) bond motifs is 1. The zero-order valence-electron chi connectivity index (χ0n) is 14.2. The van der Waals surface area contributed by atoms with Crippen molar-refractivity contribution in [3.05, 3.63) is 22.0 Å². The molecule has 128 valence electrons. The second kappa shape index (κ2) is 6.84. The van der Waals surface area contributed by atoms with Crippen molar-refractivity contribution in [3.8, 4) is 0 Å². The van der Waals surface area contributed by atoms with E-state index in [2.05, 4.69) is 20.6 Å². The Balaban J connectivity index is 1.91. The molecule has 1 fully saturated rings. The first kappa shape index (κ1) is 16.8. The molecule has 1 unspecified atom stereocenters. The van der Waals surface area contributed by atoms with E-state index >= 15 is 0 Å². The number of aryl methyl sites for hydroxylation is 3. The fourth-order valence-electron chi connectivity index (χ4n) is 3.07. The van der Waals surface area contributed by atoms with E-state index in [-0.39, 0.29) is 11.8 Å². The lowest BCUT2D eigenvalue weighted by Gasteiger charge is -2.14. The summed E-state index contributed by atoms with van der Waals surface area (Å²) in [6, 6.07) is -0.456. The highest BCUT2D eigenvalue weighted by atomic mass is 32.1. The summed E-state index contributed by atoms with van der Waals surface area (Å²) in [5.74, 6) is 0.496. The summed E-state index contributed by atoms with van der Waals surface area (Å²) in [4.78, 5) is 35.2. The Morgan fingerprint density at radius 3 is 2.88 bits per heavy atom. The fourth-order valence-corrected chi connectivity index (χ4v) is 4.22. The minimum absolute atomic E-state index is 0.0937. The van der Waals surface area contributed by atoms with E-state index in [4.69, 9.17) is 0 Å². The number of hydrogen-bond donors (Lipinski definition) is 2. The first-order valence-electron chi connectivity index (χ1n) is 8.36. The van der Waals surface area contributed by atoms with E-state index in [1.807, 2.05) is 20.8 Å². The van der Waals surface area contributed by atoms with Crippen LogP contribution in [0, 0.1) is 13.8 Å². The van der Waals surface area contributed by atoms with Crippen LogP contribution >= 0.6 is 11.3 Å². The van der Waals surface area contributed by atoms with Crippen molar-refractivity contribution in [3.63, 3.8) is 0 Å². The molecule has 1 aliphatic heterocycles. The average molecular weight is 346 g/mol. The summed E-state index contributed by atoms with van der Waals surface area (Å²) in [7, 11) is 0. The predicted molar refractivity (Wildman–Crippen MR) is 94.4 cm³/mol. The summed E-state index contributed by atoms with van der Waals surface area (Å²) < 4.78 is 0. The number of rotatable bonds is 3. The third-order valence-corrected chi connectivity index (χ3v) is 5.56. The molecule has 2 N–H and O–H groups in total. The van der Waals surface area contributed by atoms with Gasteiger partial charge in [0.2, 0.25) is 5.91 Å². The van der Waals surface area contributed by atoms with Crippen molar-refractivity contribution in [2.24, 2.45) is 0 Å². The van der Waals surface area contributed by atoms with Gasteiger partial charge in [0.1, 0.15) is 16.7 Å². The molecule has 3 rings (SSSR count). The van der Waals surface area contributed by atoms with Gasteiger partial charge in [-0.15, -0.1) is 11.3 Å². The van der Waals surface area contributed by atoms with Crippen LogP contribution in [-0.2, 0) is 11.2 Å². The van der Waals surface area contributed by atoms with Crippen molar-refractivity contribution >= 4 is 33.4 Å². The normalized spacial score (nSPS) is 18.3. The highest BCUT2D eigenvalue weighted by Gasteiger charge is 2.25. The van der Waals surface area contributed by atoms with Crippen LogP contribution in [0.5, 0.6) is 0 Å². The number of carbonyl (C=O) groups is 2. The molecule has 0 saturated carbocycles. The summed E-state index contributed by atoms with van der Waals surface area (Å²) in [6.45, 7) is 6.56. The quantitative estimate of drug-likeness (QED) is 0.893. The number of nitrogens with one attached hydrogen (secondary N) is 2. The molecule has 6 nitrogen and oxygen atoms in total. The number of thiophene rings is 1. The minimum Gasteiger partial charge on any atom is -0.354 e. The summed E-state index contributed by atoms with van der Waals surface area (Å²) in [5.41, 5.74) is 1.79.